The standard InChI is InChI=1S/C21H21N3O3S/c1-2-27-16-10-6-5-9-15(16)24-20(26)17(19(25)23-21(24)28)18-14-8-4-3-7-13(14)11-12-22-18/h3-10,18,22,26H,2,11-12H2,1H3,(H,23,25,28)/t18-/m0/s1. The number of nitrogens with zero attached hydrogens (tertiary/aromatic N) is 1. The van der Waals surface area contributed by atoms with E-state index in [-0.39, 0.29) is 16.2 Å². The minimum atomic E-state index is -0.421. The van der Waals surface area contributed by atoms with Crippen LogP contribution in [0.15, 0.2) is 53.3 Å². The normalized spacial score (nSPS) is 15.8. The summed E-state index contributed by atoms with van der Waals surface area (Å²) in [6.07, 6.45) is 0.873. The topological polar surface area (TPSA) is 79.3 Å². The minimum Gasteiger partial charge on any atom is -0.494 e. The predicted molar refractivity (Wildman–Crippen MR) is 110 cm³/mol. The molecule has 1 atom stereocenters. The third-order valence-electron chi connectivity index (χ3n) is 4.92. The van der Waals surface area contributed by atoms with E-state index in [1.54, 1.807) is 12.1 Å². The van der Waals surface area contributed by atoms with Crippen molar-refractivity contribution in [3.05, 3.63) is 80.3 Å². The van der Waals surface area contributed by atoms with Gasteiger partial charge in [0.2, 0.25) is 5.88 Å². The molecule has 2 aromatic carbocycles. The van der Waals surface area contributed by atoms with E-state index in [9.17, 15) is 9.90 Å². The van der Waals surface area contributed by atoms with E-state index in [1.165, 1.54) is 4.57 Å². The molecule has 28 heavy (non-hydrogen) atoms. The predicted octanol–water partition coefficient (Wildman–Crippen LogP) is 3.23. The average molecular weight is 395 g/mol. The van der Waals surface area contributed by atoms with Crippen molar-refractivity contribution >= 4 is 12.2 Å². The number of aromatic amines is 1. The van der Waals surface area contributed by atoms with Gasteiger partial charge in [-0.25, -0.2) is 0 Å². The fraction of sp³-hybridized carbons (Fsp3) is 0.238. The summed E-state index contributed by atoms with van der Waals surface area (Å²) in [5, 5.41) is 14.5. The summed E-state index contributed by atoms with van der Waals surface area (Å²) >= 11 is 5.36. The van der Waals surface area contributed by atoms with Gasteiger partial charge in [0.25, 0.3) is 5.56 Å². The molecule has 0 spiro atoms. The minimum absolute atomic E-state index is 0.113. The van der Waals surface area contributed by atoms with Gasteiger partial charge in [-0.05, 0) is 48.8 Å². The molecule has 3 N–H and O–H groups in total. The molecule has 4 rings (SSSR count). The van der Waals surface area contributed by atoms with Crippen LogP contribution in [0.3, 0.4) is 0 Å². The van der Waals surface area contributed by atoms with Gasteiger partial charge in [0.05, 0.1) is 23.9 Å². The second kappa shape index (κ2) is 7.61. The number of hydrogen-bond acceptors (Lipinski definition) is 5. The van der Waals surface area contributed by atoms with Gasteiger partial charge >= 0.3 is 0 Å². The smallest absolute Gasteiger partial charge is 0.260 e. The van der Waals surface area contributed by atoms with Crippen LogP contribution < -0.4 is 15.6 Å². The molecule has 1 aliphatic heterocycles. The van der Waals surface area contributed by atoms with Crippen LogP contribution in [-0.2, 0) is 6.42 Å². The number of ether oxygens (including phenoxy) is 1. The lowest BCUT2D eigenvalue weighted by Gasteiger charge is -2.28. The summed E-state index contributed by atoms with van der Waals surface area (Å²) in [6, 6.07) is 14.8. The first-order chi connectivity index (χ1) is 13.6. The van der Waals surface area contributed by atoms with E-state index in [0.717, 1.165) is 17.5 Å². The second-order valence-electron chi connectivity index (χ2n) is 6.57. The Morgan fingerprint density at radius 2 is 1.96 bits per heavy atom. The lowest BCUT2D eigenvalue weighted by Crippen LogP contribution is -2.35. The number of benzene rings is 2. The Morgan fingerprint density at radius 1 is 1.21 bits per heavy atom. The first kappa shape index (κ1) is 18.5. The SMILES string of the molecule is CCOc1ccccc1-n1c(O)c([C@H]2NCCc3ccccc32)c(=O)[nH]c1=S. The zero-order valence-corrected chi connectivity index (χ0v) is 16.3. The lowest BCUT2D eigenvalue weighted by molar-refractivity contribution is 0.336. The number of para-hydroxylation sites is 2. The number of hydrogen-bond donors (Lipinski definition) is 3. The van der Waals surface area contributed by atoms with Crippen LogP contribution in [0.25, 0.3) is 5.69 Å². The molecule has 1 aliphatic rings. The number of aromatic hydroxyl groups is 1. The fourth-order valence-electron chi connectivity index (χ4n) is 3.70. The number of rotatable bonds is 4. The zero-order valence-electron chi connectivity index (χ0n) is 15.4. The summed E-state index contributed by atoms with van der Waals surface area (Å²) in [6.45, 7) is 3.07. The summed E-state index contributed by atoms with van der Waals surface area (Å²) in [7, 11) is 0. The molecule has 6 nitrogen and oxygen atoms in total. The van der Waals surface area contributed by atoms with Crippen LogP contribution in [0.2, 0.25) is 0 Å². The molecule has 0 aliphatic carbocycles. The molecular weight excluding hydrogens is 374 g/mol. The van der Waals surface area contributed by atoms with Crippen molar-refractivity contribution in [3.63, 3.8) is 0 Å². The summed E-state index contributed by atoms with van der Waals surface area (Å²) in [5.74, 6) is 0.390. The quantitative estimate of drug-likeness (QED) is 0.591. The Hall–Kier alpha value is -2.90. The maximum atomic E-state index is 12.8. The van der Waals surface area contributed by atoms with Crippen LogP contribution in [-0.4, -0.2) is 27.8 Å². The van der Waals surface area contributed by atoms with Crippen LogP contribution in [0.5, 0.6) is 11.6 Å². The van der Waals surface area contributed by atoms with Gasteiger partial charge in [0.15, 0.2) is 4.77 Å². The van der Waals surface area contributed by atoms with E-state index in [4.69, 9.17) is 17.0 Å². The van der Waals surface area contributed by atoms with E-state index >= 15 is 0 Å². The fourth-order valence-corrected chi connectivity index (χ4v) is 3.98. The molecule has 0 amide bonds. The Kier molecular flexibility index (Phi) is 5.02. The summed E-state index contributed by atoms with van der Waals surface area (Å²) in [4.78, 5) is 15.5. The van der Waals surface area contributed by atoms with Crippen LogP contribution in [0.1, 0.15) is 29.7 Å². The van der Waals surface area contributed by atoms with Crippen molar-refractivity contribution in [2.45, 2.75) is 19.4 Å². The maximum absolute atomic E-state index is 12.8. The Labute approximate surface area is 167 Å². The molecule has 1 aromatic heterocycles. The van der Waals surface area contributed by atoms with E-state index in [2.05, 4.69) is 10.3 Å². The van der Waals surface area contributed by atoms with Gasteiger partial charge in [-0.3, -0.25) is 14.3 Å². The van der Waals surface area contributed by atoms with Gasteiger partial charge in [-0.15, -0.1) is 0 Å². The Bertz CT molecular complexity index is 1140. The largest absolute Gasteiger partial charge is 0.494 e. The van der Waals surface area contributed by atoms with E-state index in [1.807, 2.05) is 43.3 Å². The zero-order chi connectivity index (χ0) is 19.7. The monoisotopic (exact) mass is 395 g/mol. The highest BCUT2D eigenvalue weighted by Crippen LogP contribution is 2.34. The molecule has 0 saturated carbocycles. The molecule has 3 aromatic rings. The van der Waals surface area contributed by atoms with Crippen molar-refractivity contribution in [1.29, 1.82) is 0 Å². The Morgan fingerprint density at radius 3 is 2.79 bits per heavy atom. The van der Waals surface area contributed by atoms with Crippen molar-refractivity contribution in [1.82, 2.24) is 14.9 Å². The number of H-pyrrole nitrogens is 1. The van der Waals surface area contributed by atoms with Gasteiger partial charge in [0, 0.05) is 6.54 Å². The molecule has 0 bridgehead atoms. The van der Waals surface area contributed by atoms with Crippen LogP contribution >= 0.6 is 12.2 Å². The molecule has 0 saturated heterocycles. The first-order valence-corrected chi connectivity index (χ1v) is 9.64. The molecule has 144 valence electrons. The average Bonchev–Trinajstić information content (AvgIpc) is 2.69. The third kappa shape index (κ3) is 3.12. The third-order valence-corrected chi connectivity index (χ3v) is 5.21. The van der Waals surface area contributed by atoms with Gasteiger partial charge in [0.1, 0.15) is 5.75 Å². The first-order valence-electron chi connectivity index (χ1n) is 9.23. The van der Waals surface area contributed by atoms with Gasteiger partial charge in [-0.2, -0.15) is 0 Å². The van der Waals surface area contributed by atoms with Gasteiger partial charge in [-0.1, -0.05) is 36.4 Å². The second-order valence-corrected chi connectivity index (χ2v) is 6.96. The lowest BCUT2D eigenvalue weighted by atomic mass is 9.90. The molecule has 0 radical (unpaired) electrons. The summed E-state index contributed by atoms with van der Waals surface area (Å²) in [5.41, 5.74) is 2.56. The molecule has 2 heterocycles. The number of aromatic nitrogens is 2. The molecule has 7 heteroatoms. The van der Waals surface area contributed by atoms with Crippen molar-refractivity contribution in [3.8, 4) is 17.3 Å². The molecule has 0 fully saturated rings. The van der Waals surface area contributed by atoms with E-state index < -0.39 is 11.6 Å². The highest BCUT2D eigenvalue weighted by Gasteiger charge is 2.28. The highest BCUT2D eigenvalue weighted by molar-refractivity contribution is 7.71. The van der Waals surface area contributed by atoms with Gasteiger partial charge < -0.3 is 15.2 Å². The van der Waals surface area contributed by atoms with Crippen molar-refractivity contribution in [2.24, 2.45) is 0 Å². The van der Waals surface area contributed by atoms with Crippen molar-refractivity contribution < 1.29 is 9.84 Å². The maximum Gasteiger partial charge on any atom is 0.260 e. The molecule has 0 unspecified atom stereocenters. The Balaban J connectivity index is 1.95. The number of fused-ring (bicyclic) bond motifs is 1. The number of nitrogens with one attached hydrogen (secondary N) is 2. The molecular formula is C21H21N3O3S. The van der Waals surface area contributed by atoms with Crippen LogP contribution in [0, 0.1) is 4.77 Å². The summed E-state index contributed by atoms with van der Waals surface area (Å²) < 4.78 is 7.26. The highest BCUT2D eigenvalue weighted by atomic mass is 32.1. The van der Waals surface area contributed by atoms with E-state index in [0.29, 0.717) is 24.6 Å². The van der Waals surface area contributed by atoms with Crippen LogP contribution in [0.4, 0.5) is 0 Å². The van der Waals surface area contributed by atoms with Crippen molar-refractivity contribution in [2.75, 3.05) is 13.2 Å².